The minimum atomic E-state index is -6.24. The van der Waals surface area contributed by atoms with E-state index in [1.54, 1.807) is 0 Å². The maximum Gasteiger partial charge on any atom is 0.459 e. The summed E-state index contributed by atoms with van der Waals surface area (Å²) >= 11 is 0. The van der Waals surface area contributed by atoms with Crippen LogP contribution in [0.1, 0.15) is 13.8 Å². The van der Waals surface area contributed by atoms with E-state index < -0.39 is 23.9 Å². The Morgan fingerprint density at radius 3 is 1.15 bits per heavy atom. The second-order valence-electron chi connectivity index (χ2n) is 2.65. The summed E-state index contributed by atoms with van der Waals surface area (Å²) in [6, 6.07) is 0. The van der Waals surface area contributed by atoms with Crippen LogP contribution in [0.3, 0.4) is 0 Å². The average Bonchev–Trinajstić information content (AvgIpc) is 1.84. The summed E-state index contributed by atoms with van der Waals surface area (Å²) in [5, 5.41) is 0. The van der Waals surface area contributed by atoms with E-state index in [1.807, 2.05) is 0 Å². The van der Waals surface area contributed by atoms with E-state index in [1.165, 1.54) is 0 Å². The zero-order valence-corrected chi connectivity index (χ0v) is 6.65. The first-order valence-corrected chi connectivity index (χ1v) is 3.07. The van der Waals surface area contributed by atoms with Crippen molar-refractivity contribution in [1.29, 1.82) is 0 Å². The molecule has 0 aromatic carbocycles. The Hall–Kier alpha value is -0.490. The van der Waals surface area contributed by atoms with Gasteiger partial charge in [-0.15, -0.1) is 0 Å². The van der Waals surface area contributed by atoms with Crippen molar-refractivity contribution in [3.05, 3.63) is 5.92 Å². The lowest BCUT2D eigenvalue weighted by molar-refractivity contribution is -0.349. The third kappa shape index (κ3) is 1.88. The molecule has 0 amide bonds. The van der Waals surface area contributed by atoms with E-state index in [2.05, 4.69) is 0 Å². The Kier molecular flexibility index (Phi) is 2.91. The molecule has 0 nitrogen and oxygen atoms in total. The number of rotatable bonds is 2. The van der Waals surface area contributed by atoms with Gasteiger partial charge in [-0.25, -0.2) is 0 Å². The molecule has 0 fully saturated rings. The number of halogens is 7. The van der Waals surface area contributed by atoms with Crippen LogP contribution in [0.25, 0.3) is 0 Å². The Morgan fingerprint density at radius 1 is 0.769 bits per heavy atom. The fourth-order valence-electron chi connectivity index (χ4n) is 0.492. The summed E-state index contributed by atoms with van der Waals surface area (Å²) < 4.78 is 83.1. The van der Waals surface area contributed by atoms with Gasteiger partial charge in [0, 0.05) is 5.92 Å². The molecular weight excluding hydrogens is 205 g/mol. The molecule has 0 unspecified atom stereocenters. The molecular formula is C6H6F7. The highest BCUT2D eigenvalue weighted by atomic mass is 19.4. The van der Waals surface area contributed by atoms with E-state index >= 15 is 0 Å². The molecule has 0 rings (SSSR count). The SMILES string of the molecule is C[C](C)C(F)(F)C(F)(F)C(F)(F)F. The van der Waals surface area contributed by atoms with Gasteiger partial charge in [-0.3, -0.25) is 0 Å². The lowest BCUT2D eigenvalue weighted by Crippen LogP contribution is -2.53. The molecule has 0 bridgehead atoms. The van der Waals surface area contributed by atoms with Crippen LogP contribution in [0.5, 0.6) is 0 Å². The monoisotopic (exact) mass is 211 g/mol. The van der Waals surface area contributed by atoms with Crippen LogP contribution in [0.4, 0.5) is 30.7 Å². The second-order valence-corrected chi connectivity index (χ2v) is 2.65. The Balaban J connectivity index is 5.04. The summed E-state index contributed by atoms with van der Waals surface area (Å²) in [4.78, 5) is 0. The number of alkyl halides is 7. The minimum absolute atomic E-state index is 0.514. The standard InChI is InChI=1S/C6H6F7/c1-3(2)4(7,8)5(9,10)6(11,12)13/h1-2H3. The Labute approximate surface area is 69.7 Å². The molecule has 0 aliphatic rings. The van der Waals surface area contributed by atoms with Crippen molar-refractivity contribution in [2.75, 3.05) is 0 Å². The fraction of sp³-hybridized carbons (Fsp3) is 0.833. The van der Waals surface area contributed by atoms with Crippen molar-refractivity contribution in [1.82, 2.24) is 0 Å². The van der Waals surface area contributed by atoms with E-state index in [9.17, 15) is 30.7 Å². The van der Waals surface area contributed by atoms with Crippen molar-refractivity contribution in [3.8, 4) is 0 Å². The van der Waals surface area contributed by atoms with Crippen LogP contribution < -0.4 is 0 Å². The van der Waals surface area contributed by atoms with Crippen LogP contribution in [0, 0.1) is 5.92 Å². The van der Waals surface area contributed by atoms with Crippen molar-refractivity contribution >= 4 is 0 Å². The summed E-state index contributed by atoms with van der Waals surface area (Å²) in [7, 11) is 0. The summed E-state index contributed by atoms with van der Waals surface area (Å²) in [6.45, 7) is 1.03. The van der Waals surface area contributed by atoms with Gasteiger partial charge in [0.1, 0.15) is 0 Å². The molecule has 0 aliphatic heterocycles. The first kappa shape index (κ1) is 12.5. The van der Waals surface area contributed by atoms with Gasteiger partial charge in [-0.05, 0) is 0 Å². The summed E-state index contributed by atoms with van der Waals surface area (Å²) in [5.41, 5.74) is 0. The van der Waals surface area contributed by atoms with E-state index in [4.69, 9.17) is 0 Å². The third-order valence-electron chi connectivity index (χ3n) is 1.38. The van der Waals surface area contributed by atoms with Crippen molar-refractivity contribution in [2.45, 2.75) is 31.9 Å². The first-order valence-electron chi connectivity index (χ1n) is 3.07. The van der Waals surface area contributed by atoms with Crippen molar-refractivity contribution in [3.63, 3.8) is 0 Å². The predicted molar refractivity (Wildman–Crippen MR) is 30.5 cm³/mol. The normalized spacial score (nSPS) is 15.2. The zero-order chi connectivity index (χ0) is 11.1. The molecule has 0 spiro atoms. The Morgan fingerprint density at radius 2 is 1.08 bits per heavy atom. The Bertz CT molecular complexity index is 178. The molecule has 0 aromatic rings. The van der Waals surface area contributed by atoms with E-state index in [0.717, 1.165) is 0 Å². The van der Waals surface area contributed by atoms with Gasteiger partial charge in [0.15, 0.2) is 0 Å². The smallest absolute Gasteiger partial charge is 0.199 e. The maximum atomic E-state index is 12.3. The molecule has 1 radical (unpaired) electrons. The van der Waals surface area contributed by atoms with Gasteiger partial charge in [-0.1, -0.05) is 13.8 Å². The molecule has 0 saturated heterocycles. The lowest BCUT2D eigenvalue weighted by Gasteiger charge is -2.30. The van der Waals surface area contributed by atoms with Gasteiger partial charge in [0.25, 0.3) is 0 Å². The molecule has 13 heavy (non-hydrogen) atoms. The highest BCUT2D eigenvalue weighted by Crippen LogP contribution is 2.50. The molecule has 7 heteroatoms. The van der Waals surface area contributed by atoms with Gasteiger partial charge in [0.05, 0.1) is 0 Å². The third-order valence-corrected chi connectivity index (χ3v) is 1.38. The molecule has 0 atom stereocenters. The largest absolute Gasteiger partial charge is 0.459 e. The molecule has 0 saturated carbocycles. The molecule has 79 valence electrons. The van der Waals surface area contributed by atoms with Crippen molar-refractivity contribution < 1.29 is 30.7 Å². The van der Waals surface area contributed by atoms with Crippen molar-refractivity contribution in [2.24, 2.45) is 0 Å². The topological polar surface area (TPSA) is 0 Å². The van der Waals surface area contributed by atoms with Crippen LogP contribution in [0.2, 0.25) is 0 Å². The van der Waals surface area contributed by atoms with Gasteiger partial charge in [-0.2, -0.15) is 30.7 Å². The van der Waals surface area contributed by atoms with Crippen LogP contribution >= 0.6 is 0 Å². The fourth-order valence-corrected chi connectivity index (χ4v) is 0.492. The summed E-state index contributed by atoms with van der Waals surface area (Å²) in [5.74, 6) is -12.5. The van der Waals surface area contributed by atoms with Gasteiger partial charge >= 0.3 is 18.0 Å². The van der Waals surface area contributed by atoms with E-state index in [0.29, 0.717) is 13.8 Å². The molecule has 0 N–H and O–H groups in total. The number of hydrogen-bond acceptors (Lipinski definition) is 0. The lowest BCUT2D eigenvalue weighted by atomic mass is 9.99. The van der Waals surface area contributed by atoms with Gasteiger partial charge < -0.3 is 0 Å². The predicted octanol–water partition coefficient (Wildman–Crippen LogP) is 3.43. The minimum Gasteiger partial charge on any atom is -0.199 e. The first-order chi connectivity index (χ1) is 5.44. The second kappa shape index (κ2) is 3.02. The maximum absolute atomic E-state index is 12.3. The highest BCUT2D eigenvalue weighted by Gasteiger charge is 2.73. The van der Waals surface area contributed by atoms with Gasteiger partial charge in [0.2, 0.25) is 0 Å². The zero-order valence-electron chi connectivity index (χ0n) is 6.65. The summed E-state index contributed by atoms with van der Waals surface area (Å²) in [6.07, 6.45) is -6.24. The molecule has 0 aromatic heterocycles. The highest BCUT2D eigenvalue weighted by molar-refractivity contribution is 5.06. The van der Waals surface area contributed by atoms with Crippen LogP contribution in [-0.2, 0) is 0 Å². The van der Waals surface area contributed by atoms with Crippen LogP contribution in [0.15, 0.2) is 0 Å². The average molecular weight is 211 g/mol. The number of hydrogen-bond donors (Lipinski definition) is 0. The van der Waals surface area contributed by atoms with Crippen LogP contribution in [-0.4, -0.2) is 18.0 Å². The molecule has 0 aliphatic carbocycles. The van der Waals surface area contributed by atoms with E-state index in [-0.39, 0.29) is 0 Å². The quantitative estimate of drug-likeness (QED) is 0.614. The molecule has 0 heterocycles.